The van der Waals surface area contributed by atoms with E-state index in [9.17, 15) is 4.79 Å². The molecule has 7 heteroatoms. The first kappa shape index (κ1) is 21.2. The molecule has 1 unspecified atom stereocenters. The number of rotatable bonds is 6. The molecule has 2 amide bonds. The van der Waals surface area contributed by atoms with Crippen molar-refractivity contribution in [1.82, 2.24) is 10.7 Å². The summed E-state index contributed by atoms with van der Waals surface area (Å²) >= 11 is 0. The minimum absolute atomic E-state index is 0.199. The number of nitrogens with one attached hydrogen (secondary N) is 3. The van der Waals surface area contributed by atoms with E-state index in [0.29, 0.717) is 6.04 Å². The Balaban J connectivity index is 1.39. The Morgan fingerprint density at radius 2 is 1.94 bits per heavy atom. The predicted octanol–water partition coefficient (Wildman–Crippen LogP) is 3.96. The molecule has 2 aliphatic rings. The first-order chi connectivity index (χ1) is 15.1. The molecule has 2 atom stereocenters. The Bertz CT molecular complexity index is 947. The third-order valence-corrected chi connectivity index (χ3v) is 6.46. The standard InChI is InChI=1S/C24H30N4O3/c1-30-20-9-8-17(14-21(20)31-2)16-24-11-10-19(15-22(24)25-13-12-24)27-28-23(29)26-18-6-4-3-5-7-18/h3-9,14,22,25H,10-13,15-16H2,1-2H3,(H2,26,28,29)/t22?,24-/m0/s1. The largest absolute Gasteiger partial charge is 0.493 e. The SMILES string of the molecule is COc1ccc(C[C@]23CCNC2CC(=NNC(=O)Nc2ccccc2)CC3)cc1OC. The maximum absolute atomic E-state index is 12.1. The zero-order valence-electron chi connectivity index (χ0n) is 18.1. The number of ether oxygens (including phenoxy) is 2. The lowest BCUT2D eigenvalue weighted by atomic mass is 9.67. The third-order valence-electron chi connectivity index (χ3n) is 6.46. The summed E-state index contributed by atoms with van der Waals surface area (Å²) < 4.78 is 10.9. The Kier molecular flexibility index (Phi) is 6.42. The molecular weight excluding hydrogens is 392 g/mol. The van der Waals surface area contributed by atoms with Gasteiger partial charge in [-0.25, -0.2) is 10.2 Å². The number of nitrogens with zero attached hydrogens (tertiary/aromatic N) is 1. The van der Waals surface area contributed by atoms with Gasteiger partial charge in [-0.05, 0) is 67.5 Å². The molecule has 4 rings (SSSR count). The number of anilines is 1. The van der Waals surface area contributed by atoms with Gasteiger partial charge in [-0.2, -0.15) is 5.10 Å². The van der Waals surface area contributed by atoms with E-state index in [0.717, 1.165) is 61.5 Å². The lowest BCUT2D eigenvalue weighted by molar-refractivity contribution is 0.215. The topological polar surface area (TPSA) is 84.0 Å². The molecule has 1 aliphatic carbocycles. The summed E-state index contributed by atoms with van der Waals surface area (Å²) in [5.74, 6) is 1.52. The van der Waals surface area contributed by atoms with Crippen LogP contribution in [0.1, 0.15) is 31.2 Å². The molecule has 0 radical (unpaired) electrons. The number of carbonyl (C=O) groups excluding carboxylic acids is 1. The monoisotopic (exact) mass is 422 g/mol. The van der Waals surface area contributed by atoms with E-state index < -0.39 is 0 Å². The van der Waals surface area contributed by atoms with E-state index in [1.807, 2.05) is 36.4 Å². The van der Waals surface area contributed by atoms with Crippen LogP contribution in [0.15, 0.2) is 53.6 Å². The number of carbonyl (C=O) groups is 1. The van der Waals surface area contributed by atoms with Gasteiger partial charge in [-0.3, -0.25) is 0 Å². The van der Waals surface area contributed by atoms with Crippen molar-refractivity contribution in [2.75, 3.05) is 26.1 Å². The van der Waals surface area contributed by atoms with E-state index in [2.05, 4.69) is 33.3 Å². The summed E-state index contributed by atoms with van der Waals surface area (Å²) in [7, 11) is 3.33. The molecular formula is C24H30N4O3. The van der Waals surface area contributed by atoms with Gasteiger partial charge in [0.05, 0.1) is 14.2 Å². The summed E-state index contributed by atoms with van der Waals surface area (Å²) in [5.41, 5.74) is 5.88. The summed E-state index contributed by atoms with van der Waals surface area (Å²) in [6.45, 7) is 1.01. The molecule has 7 nitrogen and oxygen atoms in total. The number of hydrogen-bond donors (Lipinski definition) is 3. The van der Waals surface area contributed by atoms with Crippen molar-refractivity contribution in [3.05, 3.63) is 54.1 Å². The minimum atomic E-state index is -0.319. The van der Waals surface area contributed by atoms with Crippen LogP contribution in [0.4, 0.5) is 10.5 Å². The number of para-hydroxylation sites is 1. The van der Waals surface area contributed by atoms with E-state index in [1.165, 1.54) is 5.56 Å². The number of amides is 2. The van der Waals surface area contributed by atoms with Gasteiger partial charge < -0.3 is 20.1 Å². The van der Waals surface area contributed by atoms with E-state index in [1.54, 1.807) is 14.2 Å². The van der Waals surface area contributed by atoms with Crippen LogP contribution in [-0.4, -0.2) is 38.5 Å². The summed E-state index contributed by atoms with van der Waals surface area (Å²) in [6, 6.07) is 15.6. The highest BCUT2D eigenvalue weighted by molar-refractivity contribution is 5.92. The molecule has 1 saturated carbocycles. The lowest BCUT2D eigenvalue weighted by Crippen LogP contribution is -2.44. The fraction of sp³-hybridized carbons (Fsp3) is 0.417. The number of hydrogen-bond acceptors (Lipinski definition) is 5. The van der Waals surface area contributed by atoms with Gasteiger partial charge in [0.15, 0.2) is 11.5 Å². The molecule has 1 aliphatic heterocycles. The second-order valence-corrected chi connectivity index (χ2v) is 8.30. The van der Waals surface area contributed by atoms with Gasteiger partial charge in [0, 0.05) is 23.9 Å². The fourth-order valence-electron chi connectivity index (χ4n) is 4.81. The van der Waals surface area contributed by atoms with Gasteiger partial charge in [0.2, 0.25) is 0 Å². The van der Waals surface area contributed by atoms with Crippen LogP contribution in [0.2, 0.25) is 0 Å². The Labute approximate surface area is 183 Å². The molecule has 2 aromatic carbocycles. The van der Waals surface area contributed by atoms with Crippen LogP contribution in [0.25, 0.3) is 0 Å². The Morgan fingerprint density at radius 3 is 2.71 bits per heavy atom. The van der Waals surface area contributed by atoms with Crippen LogP contribution in [-0.2, 0) is 6.42 Å². The van der Waals surface area contributed by atoms with Crippen LogP contribution in [0.3, 0.4) is 0 Å². The molecule has 31 heavy (non-hydrogen) atoms. The minimum Gasteiger partial charge on any atom is -0.493 e. The summed E-state index contributed by atoms with van der Waals surface area (Å²) in [4.78, 5) is 12.1. The first-order valence-corrected chi connectivity index (χ1v) is 10.7. The summed E-state index contributed by atoms with van der Waals surface area (Å²) in [5, 5.41) is 10.9. The number of urea groups is 1. The first-order valence-electron chi connectivity index (χ1n) is 10.7. The van der Waals surface area contributed by atoms with Gasteiger partial charge >= 0.3 is 6.03 Å². The second kappa shape index (κ2) is 9.39. The van der Waals surface area contributed by atoms with Crippen LogP contribution < -0.4 is 25.5 Å². The molecule has 2 aromatic rings. The molecule has 164 valence electrons. The van der Waals surface area contributed by atoms with Gasteiger partial charge in [0.25, 0.3) is 0 Å². The smallest absolute Gasteiger partial charge is 0.339 e. The molecule has 2 fully saturated rings. The normalized spacial score (nSPS) is 23.8. The van der Waals surface area contributed by atoms with Crippen LogP contribution in [0.5, 0.6) is 11.5 Å². The average Bonchev–Trinajstić information content (AvgIpc) is 3.21. The second-order valence-electron chi connectivity index (χ2n) is 8.30. The Morgan fingerprint density at radius 1 is 1.13 bits per heavy atom. The van der Waals surface area contributed by atoms with Crippen LogP contribution >= 0.6 is 0 Å². The van der Waals surface area contributed by atoms with Gasteiger partial charge in [-0.15, -0.1) is 0 Å². The number of fused-ring (bicyclic) bond motifs is 1. The molecule has 1 heterocycles. The molecule has 1 saturated heterocycles. The van der Waals surface area contributed by atoms with Crippen molar-refractivity contribution in [3.63, 3.8) is 0 Å². The van der Waals surface area contributed by atoms with Crippen molar-refractivity contribution in [2.45, 2.75) is 38.1 Å². The van der Waals surface area contributed by atoms with E-state index in [-0.39, 0.29) is 11.4 Å². The van der Waals surface area contributed by atoms with Crippen molar-refractivity contribution < 1.29 is 14.3 Å². The maximum Gasteiger partial charge on any atom is 0.339 e. The van der Waals surface area contributed by atoms with E-state index >= 15 is 0 Å². The highest BCUT2D eigenvalue weighted by Gasteiger charge is 2.45. The maximum atomic E-state index is 12.1. The van der Waals surface area contributed by atoms with Gasteiger partial charge in [-0.1, -0.05) is 24.3 Å². The number of hydrazone groups is 1. The number of benzene rings is 2. The zero-order valence-corrected chi connectivity index (χ0v) is 18.1. The van der Waals surface area contributed by atoms with Crippen molar-refractivity contribution in [1.29, 1.82) is 0 Å². The fourth-order valence-corrected chi connectivity index (χ4v) is 4.81. The van der Waals surface area contributed by atoms with Crippen LogP contribution in [0, 0.1) is 5.41 Å². The van der Waals surface area contributed by atoms with Crippen molar-refractivity contribution in [2.24, 2.45) is 10.5 Å². The Hall–Kier alpha value is -3.06. The average molecular weight is 423 g/mol. The third kappa shape index (κ3) is 4.82. The highest BCUT2D eigenvalue weighted by atomic mass is 16.5. The molecule has 3 N–H and O–H groups in total. The van der Waals surface area contributed by atoms with Crippen molar-refractivity contribution in [3.8, 4) is 11.5 Å². The highest BCUT2D eigenvalue weighted by Crippen LogP contribution is 2.45. The lowest BCUT2D eigenvalue weighted by Gasteiger charge is -2.40. The quantitative estimate of drug-likeness (QED) is 0.616. The zero-order chi connectivity index (χ0) is 21.7. The summed E-state index contributed by atoms with van der Waals surface area (Å²) in [6.07, 6.45) is 4.90. The molecule has 0 bridgehead atoms. The number of methoxy groups -OCH3 is 2. The van der Waals surface area contributed by atoms with Gasteiger partial charge in [0.1, 0.15) is 0 Å². The van der Waals surface area contributed by atoms with Crippen molar-refractivity contribution >= 4 is 17.4 Å². The molecule has 0 aromatic heterocycles. The van der Waals surface area contributed by atoms with E-state index in [4.69, 9.17) is 9.47 Å². The molecule has 0 spiro atoms. The predicted molar refractivity (Wildman–Crippen MR) is 122 cm³/mol.